The minimum atomic E-state index is -0.287. The molecule has 0 saturated carbocycles. The highest BCUT2D eigenvalue weighted by atomic mass is 19.1. The van der Waals surface area contributed by atoms with E-state index in [2.05, 4.69) is 15.7 Å². The normalized spacial score (nSPS) is 10.2. The van der Waals surface area contributed by atoms with Crippen molar-refractivity contribution in [2.75, 3.05) is 0 Å². The molecule has 2 N–H and O–H groups in total. The van der Waals surface area contributed by atoms with Crippen molar-refractivity contribution in [1.82, 2.24) is 20.4 Å². The van der Waals surface area contributed by atoms with Crippen molar-refractivity contribution in [3.05, 3.63) is 53.6 Å². The molecule has 0 aliphatic carbocycles. The predicted octanol–water partition coefficient (Wildman–Crippen LogP) is 1.56. The Balaban J connectivity index is 1.74. The van der Waals surface area contributed by atoms with E-state index in [1.54, 1.807) is 23.0 Å². The summed E-state index contributed by atoms with van der Waals surface area (Å²) in [7, 11) is 1.82. The Hall–Kier alpha value is -2.37. The second-order valence-electron chi connectivity index (χ2n) is 4.18. The van der Waals surface area contributed by atoms with Crippen LogP contribution in [0.1, 0.15) is 11.1 Å². The van der Waals surface area contributed by atoms with E-state index in [1.165, 1.54) is 12.1 Å². The smallest absolute Gasteiger partial charge is 0.315 e. The zero-order chi connectivity index (χ0) is 13.7. The van der Waals surface area contributed by atoms with Crippen LogP contribution in [0.25, 0.3) is 0 Å². The SMILES string of the molecule is Cn1cc(CNC(=O)NCc2ccc(F)cc2)cn1. The van der Waals surface area contributed by atoms with Crippen LogP contribution < -0.4 is 10.6 Å². The number of aromatic nitrogens is 2. The van der Waals surface area contributed by atoms with Gasteiger partial charge < -0.3 is 10.6 Å². The van der Waals surface area contributed by atoms with Crippen molar-refractivity contribution in [2.45, 2.75) is 13.1 Å². The zero-order valence-electron chi connectivity index (χ0n) is 10.6. The first kappa shape index (κ1) is 13.1. The van der Waals surface area contributed by atoms with Crippen LogP contribution in [-0.2, 0) is 20.1 Å². The molecule has 19 heavy (non-hydrogen) atoms. The molecule has 2 aromatic rings. The van der Waals surface area contributed by atoms with Crippen molar-refractivity contribution >= 4 is 6.03 Å². The lowest BCUT2D eigenvalue weighted by Gasteiger charge is -2.06. The number of hydrogen-bond donors (Lipinski definition) is 2. The molecule has 1 aromatic carbocycles. The summed E-state index contributed by atoms with van der Waals surface area (Å²) in [5.41, 5.74) is 1.78. The lowest BCUT2D eigenvalue weighted by molar-refractivity contribution is 0.240. The lowest BCUT2D eigenvalue weighted by atomic mass is 10.2. The average molecular weight is 262 g/mol. The first-order valence-corrected chi connectivity index (χ1v) is 5.87. The summed E-state index contributed by atoms with van der Waals surface area (Å²) in [4.78, 5) is 11.5. The molecule has 0 atom stereocenters. The Morgan fingerprint density at radius 1 is 1.21 bits per heavy atom. The first-order chi connectivity index (χ1) is 9.13. The van der Waals surface area contributed by atoms with Gasteiger partial charge >= 0.3 is 6.03 Å². The van der Waals surface area contributed by atoms with Gasteiger partial charge in [-0.2, -0.15) is 5.10 Å². The van der Waals surface area contributed by atoms with Gasteiger partial charge in [-0.15, -0.1) is 0 Å². The average Bonchev–Trinajstić information content (AvgIpc) is 2.81. The fraction of sp³-hybridized carbons (Fsp3) is 0.231. The maximum absolute atomic E-state index is 12.7. The van der Waals surface area contributed by atoms with Gasteiger partial charge in [0.05, 0.1) is 6.20 Å². The highest BCUT2D eigenvalue weighted by Crippen LogP contribution is 2.02. The van der Waals surface area contributed by atoms with E-state index in [1.807, 2.05) is 13.2 Å². The predicted molar refractivity (Wildman–Crippen MR) is 68.7 cm³/mol. The Bertz CT molecular complexity index is 550. The molecule has 1 aromatic heterocycles. The van der Waals surface area contributed by atoms with Crippen LogP contribution in [-0.4, -0.2) is 15.8 Å². The second-order valence-corrected chi connectivity index (χ2v) is 4.18. The fourth-order valence-electron chi connectivity index (χ4n) is 1.59. The number of halogens is 1. The van der Waals surface area contributed by atoms with Crippen LogP contribution in [0.3, 0.4) is 0 Å². The number of rotatable bonds is 4. The minimum Gasteiger partial charge on any atom is -0.334 e. The van der Waals surface area contributed by atoms with Gasteiger partial charge in [0, 0.05) is 31.9 Å². The molecule has 0 aliphatic heterocycles. The van der Waals surface area contributed by atoms with Gasteiger partial charge in [-0.3, -0.25) is 4.68 Å². The standard InChI is InChI=1S/C13H15FN4O/c1-18-9-11(8-17-18)7-16-13(19)15-6-10-2-4-12(14)5-3-10/h2-5,8-9H,6-7H2,1H3,(H2,15,16,19). The summed E-state index contributed by atoms with van der Waals surface area (Å²) in [6, 6.07) is 5.73. The Morgan fingerprint density at radius 2 is 1.84 bits per heavy atom. The molecule has 0 fully saturated rings. The molecule has 0 bridgehead atoms. The molecular formula is C13H15FN4O. The van der Waals surface area contributed by atoms with Crippen LogP contribution in [0.2, 0.25) is 0 Å². The summed E-state index contributed by atoms with van der Waals surface area (Å²) in [6.07, 6.45) is 3.53. The van der Waals surface area contributed by atoms with E-state index in [-0.39, 0.29) is 11.8 Å². The largest absolute Gasteiger partial charge is 0.334 e. The molecule has 0 saturated heterocycles. The van der Waals surface area contributed by atoms with Gasteiger partial charge in [-0.25, -0.2) is 9.18 Å². The van der Waals surface area contributed by atoms with Crippen LogP contribution in [0.4, 0.5) is 9.18 Å². The van der Waals surface area contributed by atoms with Crippen molar-refractivity contribution in [1.29, 1.82) is 0 Å². The van der Waals surface area contributed by atoms with E-state index < -0.39 is 0 Å². The topological polar surface area (TPSA) is 59.0 Å². The van der Waals surface area contributed by atoms with Crippen molar-refractivity contribution in [2.24, 2.45) is 7.05 Å². The third-order valence-electron chi connectivity index (χ3n) is 2.58. The number of carbonyl (C=O) groups is 1. The zero-order valence-corrected chi connectivity index (χ0v) is 10.6. The number of nitrogens with zero attached hydrogens (tertiary/aromatic N) is 2. The van der Waals surface area contributed by atoms with Gasteiger partial charge in [0.1, 0.15) is 5.82 Å². The number of aryl methyl sites for hydroxylation is 1. The van der Waals surface area contributed by atoms with Gasteiger partial charge in [-0.05, 0) is 17.7 Å². The second kappa shape index (κ2) is 5.99. The lowest BCUT2D eigenvalue weighted by Crippen LogP contribution is -2.34. The Kier molecular flexibility index (Phi) is 4.12. The molecule has 5 nitrogen and oxygen atoms in total. The minimum absolute atomic E-state index is 0.270. The Labute approximate surface area is 110 Å². The van der Waals surface area contributed by atoms with Gasteiger partial charge in [-0.1, -0.05) is 12.1 Å². The van der Waals surface area contributed by atoms with E-state index in [9.17, 15) is 9.18 Å². The third-order valence-corrected chi connectivity index (χ3v) is 2.58. The summed E-state index contributed by atoms with van der Waals surface area (Å²) >= 11 is 0. The summed E-state index contributed by atoms with van der Waals surface area (Å²) in [5, 5.41) is 9.42. The third kappa shape index (κ3) is 4.09. The number of nitrogens with one attached hydrogen (secondary N) is 2. The Morgan fingerprint density at radius 3 is 2.42 bits per heavy atom. The maximum atomic E-state index is 12.7. The number of amides is 2. The molecule has 2 amide bonds. The monoisotopic (exact) mass is 262 g/mol. The molecule has 2 rings (SSSR count). The molecule has 6 heteroatoms. The van der Waals surface area contributed by atoms with Crippen molar-refractivity contribution < 1.29 is 9.18 Å². The van der Waals surface area contributed by atoms with Gasteiger partial charge in [0.2, 0.25) is 0 Å². The van der Waals surface area contributed by atoms with Crippen molar-refractivity contribution in [3.8, 4) is 0 Å². The van der Waals surface area contributed by atoms with E-state index in [0.29, 0.717) is 13.1 Å². The summed E-state index contributed by atoms with van der Waals surface area (Å²) in [6.45, 7) is 0.780. The van der Waals surface area contributed by atoms with E-state index in [0.717, 1.165) is 11.1 Å². The van der Waals surface area contributed by atoms with Crippen molar-refractivity contribution in [3.63, 3.8) is 0 Å². The summed E-state index contributed by atoms with van der Waals surface area (Å²) < 4.78 is 14.4. The van der Waals surface area contributed by atoms with Crippen LogP contribution in [0, 0.1) is 5.82 Å². The van der Waals surface area contributed by atoms with Crippen LogP contribution in [0.15, 0.2) is 36.7 Å². The number of carbonyl (C=O) groups excluding carboxylic acids is 1. The van der Waals surface area contributed by atoms with Gasteiger partial charge in [0.15, 0.2) is 0 Å². The molecule has 0 unspecified atom stereocenters. The van der Waals surface area contributed by atoms with Crippen LogP contribution >= 0.6 is 0 Å². The highest BCUT2D eigenvalue weighted by Gasteiger charge is 2.02. The van der Waals surface area contributed by atoms with E-state index in [4.69, 9.17) is 0 Å². The quantitative estimate of drug-likeness (QED) is 0.878. The highest BCUT2D eigenvalue weighted by molar-refractivity contribution is 5.73. The fourth-order valence-corrected chi connectivity index (χ4v) is 1.59. The molecule has 0 radical (unpaired) electrons. The molecule has 0 spiro atoms. The number of hydrogen-bond acceptors (Lipinski definition) is 2. The molecule has 100 valence electrons. The molecule has 0 aliphatic rings. The maximum Gasteiger partial charge on any atom is 0.315 e. The van der Waals surface area contributed by atoms with Crippen LogP contribution in [0.5, 0.6) is 0 Å². The first-order valence-electron chi connectivity index (χ1n) is 5.87. The van der Waals surface area contributed by atoms with E-state index >= 15 is 0 Å². The molecule has 1 heterocycles. The molecular weight excluding hydrogens is 247 g/mol. The van der Waals surface area contributed by atoms with Gasteiger partial charge in [0.25, 0.3) is 0 Å². The number of benzene rings is 1. The summed E-state index contributed by atoms with van der Waals surface area (Å²) in [5.74, 6) is -0.287. The number of urea groups is 1.